The monoisotopic (exact) mass is 341 g/mol. The fraction of sp³-hybridized carbons (Fsp3) is 0.0909. The van der Waals surface area contributed by atoms with Gasteiger partial charge in [-0.1, -0.05) is 12.1 Å². The molecule has 0 fully saturated rings. The molecule has 1 aromatic heterocycles. The maximum absolute atomic E-state index is 11.1. The van der Waals surface area contributed by atoms with Crippen LogP contribution >= 0.6 is 27.3 Å². The van der Waals surface area contributed by atoms with Gasteiger partial charge in [-0.2, -0.15) is 0 Å². The van der Waals surface area contributed by atoms with E-state index in [0.29, 0.717) is 20.2 Å². The molecule has 0 saturated heterocycles. The van der Waals surface area contributed by atoms with Crippen LogP contribution in [0.1, 0.15) is 6.92 Å². The van der Waals surface area contributed by atoms with Crippen LogP contribution < -0.4 is 5.32 Å². The van der Waals surface area contributed by atoms with E-state index in [1.165, 1.54) is 24.3 Å². The van der Waals surface area contributed by atoms with E-state index in [0.717, 1.165) is 0 Å². The number of amides is 1. The van der Waals surface area contributed by atoms with Crippen LogP contribution in [-0.4, -0.2) is 15.8 Å². The lowest BCUT2D eigenvalue weighted by Crippen LogP contribution is -2.07. The summed E-state index contributed by atoms with van der Waals surface area (Å²) in [5, 5.41) is 13.6. The molecule has 1 heterocycles. The van der Waals surface area contributed by atoms with Crippen LogP contribution in [0.15, 0.2) is 28.2 Å². The molecule has 0 atom stereocenters. The van der Waals surface area contributed by atoms with Gasteiger partial charge in [0, 0.05) is 13.0 Å². The van der Waals surface area contributed by atoms with Gasteiger partial charge in [-0.3, -0.25) is 14.9 Å². The van der Waals surface area contributed by atoms with E-state index in [9.17, 15) is 14.9 Å². The van der Waals surface area contributed by atoms with Crippen molar-refractivity contribution in [3.8, 4) is 10.4 Å². The lowest BCUT2D eigenvalue weighted by molar-refractivity contribution is -0.384. The van der Waals surface area contributed by atoms with E-state index >= 15 is 0 Å². The molecule has 0 bridgehead atoms. The summed E-state index contributed by atoms with van der Waals surface area (Å²) < 4.78 is 0.546. The van der Waals surface area contributed by atoms with Crippen LogP contribution in [0, 0.1) is 10.1 Å². The number of nitrogens with one attached hydrogen (secondary N) is 1. The first kappa shape index (κ1) is 13.6. The number of thiazole rings is 1. The lowest BCUT2D eigenvalue weighted by atomic mass is 10.1. The quantitative estimate of drug-likeness (QED) is 0.684. The summed E-state index contributed by atoms with van der Waals surface area (Å²) in [6, 6.07) is 6.34. The summed E-state index contributed by atoms with van der Waals surface area (Å²) in [5.41, 5.74) is 0.407. The van der Waals surface area contributed by atoms with Crippen molar-refractivity contribution >= 4 is 44.7 Å². The van der Waals surface area contributed by atoms with Gasteiger partial charge in [0.1, 0.15) is 0 Å². The summed E-state index contributed by atoms with van der Waals surface area (Å²) in [5.74, 6) is 0.0382. The normalized spacial score (nSPS) is 10.2. The van der Waals surface area contributed by atoms with Crippen molar-refractivity contribution in [3.05, 3.63) is 38.3 Å². The average Bonchev–Trinajstić information content (AvgIpc) is 2.69. The molecule has 8 heteroatoms. The molecule has 0 unspecified atom stereocenters. The molecule has 0 aliphatic rings. The Kier molecular flexibility index (Phi) is 3.91. The first-order valence-corrected chi connectivity index (χ1v) is 6.77. The SMILES string of the molecule is CC(=O)Nc1nc(Br)sc1-c1ccccc1[N+](=O)[O-]. The Morgan fingerprint density at radius 1 is 1.47 bits per heavy atom. The highest BCUT2D eigenvalue weighted by atomic mass is 79.9. The maximum atomic E-state index is 11.1. The Hall–Kier alpha value is -1.80. The summed E-state index contributed by atoms with van der Waals surface area (Å²) >= 11 is 4.45. The predicted octanol–water partition coefficient (Wildman–Crippen LogP) is 3.44. The minimum atomic E-state index is -0.458. The number of carbonyl (C=O) groups is 1. The van der Waals surface area contributed by atoms with Gasteiger partial charge in [0.25, 0.3) is 5.69 Å². The second-order valence-electron chi connectivity index (χ2n) is 3.60. The van der Waals surface area contributed by atoms with Crippen LogP contribution in [0.2, 0.25) is 0 Å². The van der Waals surface area contributed by atoms with Crippen molar-refractivity contribution in [1.29, 1.82) is 0 Å². The fourth-order valence-electron chi connectivity index (χ4n) is 1.55. The molecule has 19 heavy (non-hydrogen) atoms. The lowest BCUT2D eigenvalue weighted by Gasteiger charge is -2.03. The highest BCUT2D eigenvalue weighted by molar-refractivity contribution is 9.11. The molecular weight excluding hydrogens is 334 g/mol. The first-order chi connectivity index (χ1) is 8.99. The minimum absolute atomic E-state index is 0.0229. The van der Waals surface area contributed by atoms with Crippen LogP contribution in [-0.2, 0) is 4.79 Å². The highest BCUT2D eigenvalue weighted by Crippen LogP contribution is 2.40. The molecule has 0 aliphatic heterocycles. The van der Waals surface area contributed by atoms with E-state index in [2.05, 4.69) is 26.2 Å². The highest BCUT2D eigenvalue weighted by Gasteiger charge is 2.21. The number of nitro benzene ring substituents is 1. The molecule has 98 valence electrons. The number of nitro groups is 1. The Morgan fingerprint density at radius 3 is 2.79 bits per heavy atom. The van der Waals surface area contributed by atoms with E-state index in [1.54, 1.807) is 18.2 Å². The zero-order valence-electron chi connectivity index (χ0n) is 9.71. The summed E-state index contributed by atoms with van der Waals surface area (Å²) in [6.45, 7) is 1.36. The van der Waals surface area contributed by atoms with Gasteiger partial charge in [0.15, 0.2) is 9.73 Å². The van der Waals surface area contributed by atoms with Crippen molar-refractivity contribution in [2.45, 2.75) is 6.92 Å². The van der Waals surface area contributed by atoms with Crippen LogP contribution in [0.25, 0.3) is 10.4 Å². The smallest absolute Gasteiger partial charge is 0.278 e. The molecule has 0 saturated carbocycles. The van der Waals surface area contributed by atoms with Crippen molar-refractivity contribution in [2.75, 3.05) is 5.32 Å². The molecule has 0 spiro atoms. The molecule has 0 aliphatic carbocycles. The number of hydrogen-bond acceptors (Lipinski definition) is 5. The maximum Gasteiger partial charge on any atom is 0.278 e. The van der Waals surface area contributed by atoms with Crippen molar-refractivity contribution in [3.63, 3.8) is 0 Å². The number of hydrogen-bond donors (Lipinski definition) is 1. The Labute approximate surface area is 120 Å². The van der Waals surface area contributed by atoms with Crippen LogP contribution in [0.5, 0.6) is 0 Å². The van der Waals surface area contributed by atoms with Crippen LogP contribution in [0.3, 0.4) is 0 Å². The van der Waals surface area contributed by atoms with Gasteiger partial charge in [-0.05, 0) is 22.0 Å². The van der Waals surface area contributed by atoms with E-state index in [4.69, 9.17) is 0 Å². The summed E-state index contributed by atoms with van der Waals surface area (Å²) in [6.07, 6.45) is 0. The van der Waals surface area contributed by atoms with Crippen molar-refractivity contribution < 1.29 is 9.72 Å². The number of aromatic nitrogens is 1. The zero-order valence-corrected chi connectivity index (χ0v) is 12.1. The molecular formula is C11H8BrN3O3S. The van der Waals surface area contributed by atoms with Gasteiger partial charge >= 0.3 is 0 Å². The molecule has 1 amide bonds. The average molecular weight is 342 g/mol. The fourth-order valence-corrected chi connectivity index (χ4v) is 3.00. The van der Waals surface area contributed by atoms with Gasteiger partial charge in [-0.25, -0.2) is 4.98 Å². The number of para-hydroxylation sites is 1. The van der Waals surface area contributed by atoms with E-state index in [1.807, 2.05) is 0 Å². The molecule has 2 aromatic rings. The zero-order chi connectivity index (χ0) is 14.0. The predicted molar refractivity (Wildman–Crippen MR) is 76.2 cm³/mol. The van der Waals surface area contributed by atoms with E-state index < -0.39 is 4.92 Å². The molecule has 1 aromatic carbocycles. The molecule has 1 N–H and O–H groups in total. The second-order valence-corrected chi connectivity index (χ2v) is 5.88. The topological polar surface area (TPSA) is 85.1 Å². The van der Waals surface area contributed by atoms with Gasteiger partial charge in [0.05, 0.1) is 15.4 Å². The van der Waals surface area contributed by atoms with Gasteiger partial charge in [-0.15, -0.1) is 11.3 Å². The summed E-state index contributed by atoms with van der Waals surface area (Å²) in [4.78, 5) is 26.4. The Balaban J connectivity index is 2.58. The van der Waals surface area contributed by atoms with Crippen LogP contribution in [0.4, 0.5) is 11.5 Å². The van der Waals surface area contributed by atoms with Gasteiger partial charge < -0.3 is 5.32 Å². The first-order valence-electron chi connectivity index (χ1n) is 5.16. The number of carbonyl (C=O) groups excluding carboxylic acids is 1. The second kappa shape index (κ2) is 5.45. The number of anilines is 1. The summed E-state index contributed by atoms with van der Waals surface area (Å²) in [7, 11) is 0. The standard InChI is InChI=1S/C11H8BrN3O3S/c1-6(16)13-10-9(19-11(12)14-10)7-4-2-3-5-8(7)15(17)18/h2-5H,1H3,(H,13,16). The molecule has 0 radical (unpaired) electrons. The van der Waals surface area contributed by atoms with E-state index in [-0.39, 0.29) is 11.6 Å². The molecule has 6 nitrogen and oxygen atoms in total. The number of halogens is 1. The van der Waals surface area contributed by atoms with Crippen molar-refractivity contribution in [2.24, 2.45) is 0 Å². The third-order valence-corrected chi connectivity index (χ3v) is 3.78. The largest absolute Gasteiger partial charge is 0.310 e. The number of benzene rings is 1. The minimum Gasteiger partial charge on any atom is -0.310 e. The molecule has 2 rings (SSSR count). The van der Waals surface area contributed by atoms with Gasteiger partial charge in [0.2, 0.25) is 5.91 Å². The third-order valence-electron chi connectivity index (χ3n) is 2.24. The Morgan fingerprint density at radius 2 is 2.16 bits per heavy atom. The number of nitrogens with zero attached hydrogens (tertiary/aromatic N) is 2. The van der Waals surface area contributed by atoms with Crippen molar-refractivity contribution in [1.82, 2.24) is 4.98 Å². The third kappa shape index (κ3) is 2.96. The Bertz CT molecular complexity index is 656. The number of rotatable bonds is 3.